The minimum Gasteiger partial charge on any atom is -0.452 e. The first-order valence-corrected chi connectivity index (χ1v) is 9.02. The zero-order chi connectivity index (χ0) is 20.6. The van der Waals surface area contributed by atoms with E-state index in [2.05, 4.69) is 10.6 Å². The second-order valence-corrected chi connectivity index (χ2v) is 6.30. The lowest BCUT2D eigenvalue weighted by Crippen LogP contribution is -2.22. The molecule has 146 valence electrons. The highest BCUT2D eigenvalue weighted by Crippen LogP contribution is 2.18. The van der Waals surface area contributed by atoms with Crippen molar-refractivity contribution in [1.82, 2.24) is 0 Å². The van der Waals surface area contributed by atoms with Gasteiger partial charge < -0.3 is 15.4 Å². The molecule has 0 unspecified atom stereocenters. The average Bonchev–Trinajstić information content (AvgIpc) is 2.74. The third-order valence-corrected chi connectivity index (χ3v) is 4.18. The summed E-state index contributed by atoms with van der Waals surface area (Å²) in [5.41, 5.74) is 2.50. The van der Waals surface area contributed by atoms with E-state index >= 15 is 0 Å². The van der Waals surface area contributed by atoms with Crippen LogP contribution < -0.4 is 10.6 Å². The highest BCUT2D eigenvalue weighted by Gasteiger charge is 2.16. The van der Waals surface area contributed by atoms with E-state index in [0.29, 0.717) is 16.9 Å². The highest BCUT2D eigenvalue weighted by atomic mass is 16.5. The number of anilines is 2. The van der Waals surface area contributed by atoms with Crippen LogP contribution in [0.25, 0.3) is 0 Å². The molecule has 3 rings (SSSR count). The van der Waals surface area contributed by atoms with Crippen LogP contribution in [0.1, 0.15) is 26.3 Å². The van der Waals surface area contributed by atoms with Gasteiger partial charge in [-0.1, -0.05) is 48.5 Å². The molecule has 6 nitrogen and oxygen atoms in total. The summed E-state index contributed by atoms with van der Waals surface area (Å²) in [5.74, 6) is -1.49. The number of carbonyl (C=O) groups excluding carboxylic acids is 3. The number of hydrogen-bond donors (Lipinski definition) is 2. The first-order valence-electron chi connectivity index (χ1n) is 9.02. The predicted molar refractivity (Wildman–Crippen MR) is 111 cm³/mol. The lowest BCUT2D eigenvalue weighted by atomic mass is 10.1. The SMILES string of the molecule is Cc1ccccc1NC(=O)COC(=O)c1ccccc1NC(=O)c1ccccc1. The summed E-state index contributed by atoms with van der Waals surface area (Å²) in [6.07, 6.45) is 0. The predicted octanol–water partition coefficient (Wildman–Crippen LogP) is 4.04. The summed E-state index contributed by atoms with van der Waals surface area (Å²) >= 11 is 0. The fraction of sp³-hybridized carbons (Fsp3) is 0.0870. The van der Waals surface area contributed by atoms with E-state index in [9.17, 15) is 14.4 Å². The molecule has 0 saturated heterocycles. The number of aryl methyl sites for hydroxylation is 1. The van der Waals surface area contributed by atoms with Crippen LogP contribution in [0.3, 0.4) is 0 Å². The van der Waals surface area contributed by atoms with Crippen molar-refractivity contribution in [3.8, 4) is 0 Å². The Morgan fingerprint density at radius 1 is 0.759 bits per heavy atom. The number of para-hydroxylation sites is 2. The molecule has 0 bridgehead atoms. The molecule has 0 aliphatic carbocycles. The maximum absolute atomic E-state index is 12.5. The Balaban J connectivity index is 1.63. The lowest BCUT2D eigenvalue weighted by Gasteiger charge is -2.12. The molecule has 3 aromatic rings. The van der Waals surface area contributed by atoms with Crippen LogP contribution in [-0.4, -0.2) is 24.4 Å². The summed E-state index contributed by atoms with van der Waals surface area (Å²) in [4.78, 5) is 36.9. The van der Waals surface area contributed by atoms with E-state index in [1.54, 1.807) is 54.6 Å². The Labute approximate surface area is 168 Å². The average molecular weight is 388 g/mol. The van der Waals surface area contributed by atoms with E-state index in [1.807, 2.05) is 25.1 Å². The minimum atomic E-state index is -0.700. The summed E-state index contributed by atoms with van der Waals surface area (Å²) in [5, 5.41) is 5.40. The quantitative estimate of drug-likeness (QED) is 0.624. The van der Waals surface area contributed by atoms with Gasteiger partial charge in [0.05, 0.1) is 11.3 Å². The van der Waals surface area contributed by atoms with E-state index < -0.39 is 18.5 Å². The third-order valence-electron chi connectivity index (χ3n) is 4.18. The van der Waals surface area contributed by atoms with Gasteiger partial charge in [0.1, 0.15) is 0 Å². The zero-order valence-corrected chi connectivity index (χ0v) is 15.8. The van der Waals surface area contributed by atoms with Crippen LogP contribution in [0.15, 0.2) is 78.9 Å². The van der Waals surface area contributed by atoms with Crippen molar-refractivity contribution in [2.45, 2.75) is 6.92 Å². The number of benzene rings is 3. The van der Waals surface area contributed by atoms with Gasteiger partial charge in [0.25, 0.3) is 11.8 Å². The van der Waals surface area contributed by atoms with Crippen molar-refractivity contribution in [3.63, 3.8) is 0 Å². The van der Waals surface area contributed by atoms with Crippen molar-refractivity contribution in [1.29, 1.82) is 0 Å². The molecule has 2 amide bonds. The topological polar surface area (TPSA) is 84.5 Å². The first kappa shape index (κ1) is 19.8. The minimum absolute atomic E-state index is 0.167. The number of hydrogen-bond acceptors (Lipinski definition) is 4. The van der Waals surface area contributed by atoms with Gasteiger partial charge in [0, 0.05) is 11.3 Å². The normalized spacial score (nSPS) is 10.1. The molecule has 0 aliphatic heterocycles. The van der Waals surface area contributed by atoms with Crippen molar-refractivity contribution < 1.29 is 19.1 Å². The molecular weight excluding hydrogens is 368 g/mol. The molecule has 3 aromatic carbocycles. The summed E-state index contributed by atoms with van der Waals surface area (Å²) in [6.45, 7) is 1.43. The van der Waals surface area contributed by atoms with Crippen LogP contribution in [0.5, 0.6) is 0 Å². The van der Waals surface area contributed by atoms with Gasteiger partial charge in [0.15, 0.2) is 6.61 Å². The third kappa shape index (κ3) is 5.29. The molecule has 0 heterocycles. The first-order chi connectivity index (χ1) is 14.0. The molecule has 0 radical (unpaired) electrons. The standard InChI is InChI=1S/C23H20N2O4/c1-16-9-5-7-13-19(16)24-21(26)15-29-23(28)18-12-6-8-14-20(18)25-22(27)17-10-3-2-4-11-17/h2-14H,15H2,1H3,(H,24,26)(H,25,27). The number of rotatable bonds is 6. The van der Waals surface area contributed by atoms with Crippen molar-refractivity contribution in [2.24, 2.45) is 0 Å². The Hall–Kier alpha value is -3.93. The highest BCUT2D eigenvalue weighted by molar-refractivity contribution is 6.08. The van der Waals surface area contributed by atoms with Gasteiger partial charge in [-0.2, -0.15) is 0 Å². The van der Waals surface area contributed by atoms with Gasteiger partial charge in [-0.3, -0.25) is 9.59 Å². The lowest BCUT2D eigenvalue weighted by molar-refractivity contribution is -0.119. The molecular formula is C23H20N2O4. The van der Waals surface area contributed by atoms with Gasteiger partial charge in [-0.25, -0.2) is 4.79 Å². The van der Waals surface area contributed by atoms with Crippen LogP contribution in [0.2, 0.25) is 0 Å². The Kier molecular flexibility index (Phi) is 6.37. The van der Waals surface area contributed by atoms with Crippen LogP contribution >= 0.6 is 0 Å². The zero-order valence-electron chi connectivity index (χ0n) is 15.8. The van der Waals surface area contributed by atoms with Crippen molar-refractivity contribution in [2.75, 3.05) is 17.2 Å². The number of nitrogens with one attached hydrogen (secondary N) is 2. The molecule has 2 N–H and O–H groups in total. The molecule has 0 saturated carbocycles. The largest absolute Gasteiger partial charge is 0.452 e. The molecule has 0 aliphatic rings. The number of amides is 2. The van der Waals surface area contributed by atoms with Crippen molar-refractivity contribution >= 4 is 29.2 Å². The van der Waals surface area contributed by atoms with E-state index in [1.165, 1.54) is 6.07 Å². The maximum Gasteiger partial charge on any atom is 0.340 e. The summed E-state index contributed by atoms with van der Waals surface area (Å²) in [6, 6.07) is 22.5. The molecule has 0 aromatic heterocycles. The Morgan fingerprint density at radius 3 is 2.10 bits per heavy atom. The van der Waals surface area contributed by atoms with E-state index in [0.717, 1.165) is 5.56 Å². The monoisotopic (exact) mass is 388 g/mol. The number of carbonyl (C=O) groups is 3. The van der Waals surface area contributed by atoms with E-state index in [4.69, 9.17) is 4.74 Å². The fourth-order valence-corrected chi connectivity index (χ4v) is 2.66. The number of ether oxygens (including phenoxy) is 1. The molecule has 0 fully saturated rings. The second kappa shape index (κ2) is 9.32. The van der Waals surface area contributed by atoms with Gasteiger partial charge in [-0.05, 0) is 42.8 Å². The van der Waals surface area contributed by atoms with Crippen LogP contribution in [0, 0.1) is 6.92 Å². The Morgan fingerprint density at radius 2 is 1.38 bits per heavy atom. The smallest absolute Gasteiger partial charge is 0.340 e. The molecule has 6 heteroatoms. The van der Waals surface area contributed by atoms with Gasteiger partial charge in [-0.15, -0.1) is 0 Å². The maximum atomic E-state index is 12.5. The molecule has 29 heavy (non-hydrogen) atoms. The van der Waals surface area contributed by atoms with Gasteiger partial charge >= 0.3 is 5.97 Å². The number of esters is 1. The summed E-state index contributed by atoms with van der Waals surface area (Å²) < 4.78 is 5.13. The van der Waals surface area contributed by atoms with Crippen LogP contribution in [-0.2, 0) is 9.53 Å². The van der Waals surface area contributed by atoms with Crippen LogP contribution in [0.4, 0.5) is 11.4 Å². The van der Waals surface area contributed by atoms with Gasteiger partial charge in [0.2, 0.25) is 0 Å². The Bertz CT molecular complexity index is 1030. The second-order valence-electron chi connectivity index (χ2n) is 6.30. The van der Waals surface area contributed by atoms with E-state index in [-0.39, 0.29) is 11.5 Å². The fourth-order valence-electron chi connectivity index (χ4n) is 2.66. The summed E-state index contributed by atoms with van der Waals surface area (Å²) in [7, 11) is 0. The molecule has 0 spiro atoms. The van der Waals surface area contributed by atoms with Crippen molar-refractivity contribution in [3.05, 3.63) is 95.6 Å². The molecule has 0 atom stereocenters.